The number of likely N-dealkylation sites (tertiary alicyclic amines) is 1. The van der Waals surface area contributed by atoms with E-state index in [-0.39, 0.29) is 5.54 Å². The van der Waals surface area contributed by atoms with Crippen molar-refractivity contribution >= 4 is 0 Å². The number of aliphatic hydroxyl groups is 1. The zero-order valence-corrected chi connectivity index (χ0v) is 11.5. The van der Waals surface area contributed by atoms with Gasteiger partial charge in [0.2, 0.25) is 0 Å². The molecule has 2 heterocycles. The summed E-state index contributed by atoms with van der Waals surface area (Å²) in [6.07, 6.45) is 7.11. The van der Waals surface area contributed by atoms with E-state index in [1.165, 1.54) is 18.4 Å². The fourth-order valence-electron chi connectivity index (χ4n) is 3.07. The summed E-state index contributed by atoms with van der Waals surface area (Å²) >= 11 is 0. The van der Waals surface area contributed by atoms with Gasteiger partial charge in [-0.25, -0.2) is 0 Å². The Balaban J connectivity index is 2.07. The molecular weight excluding hydrogens is 224 g/mol. The van der Waals surface area contributed by atoms with Crippen LogP contribution in [0.25, 0.3) is 0 Å². The molecule has 0 bridgehead atoms. The van der Waals surface area contributed by atoms with Gasteiger partial charge in [0.05, 0.1) is 0 Å². The third-order valence-corrected chi connectivity index (χ3v) is 4.40. The van der Waals surface area contributed by atoms with Crippen LogP contribution in [0.1, 0.15) is 38.7 Å². The lowest BCUT2D eigenvalue weighted by atomic mass is 9.77. The van der Waals surface area contributed by atoms with Crippen LogP contribution in [-0.4, -0.2) is 33.7 Å². The smallest absolute Gasteiger partial charge is 0.0434 e. The number of pyridine rings is 1. The van der Waals surface area contributed by atoms with Crippen molar-refractivity contribution in [2.45, 2.75) is 45.2 Å². The summed E-state index contributed by atoms with van der Waals surface area (Å²) in [4.78, 5) is 6.62. The van der Waals surface area contributed by atoms with Crippen LogP contribution in [0.3, 0.4) is 0 Å². The van der Waals surface area contributed by atoms with Gasteiger partial charge in [-0.1, -0.05) is 0 Å². The van der Waals surface area contributed by atoms with Crippen LogP contribution in [-0.2, 0) is 6.54 Å². The largest absolute Gasteiger partial charge is 0.396 e. The van der Waals surface area contributed by atoms with E-state index in [4.69, 9.17) is 0 Å². The van der Waals surface area contributed by atoms with Gasteiger partial charge in [0.25, 0.3) is 0 Å². The molecule has 3 nitrogen and oxygen atoms in total. The van der Waals surface area contributed by atoms with Crippen molar-refractivity contribution in [1.82, 2.24) is 9.88 Å². The summed E-state index contributed by atoms with van der Waals surface area (Å²) in [5, 5.41) is 9.20. The van der Waals surface area contributed by atoms with Crippen LogP contribution >= 0.6 is 0 Å². The second-order valence-electron chi connectivity index (χ2n) is 5.78. The van der Waals surface area contributed by atoms with Crippen LogP contribution in [0.4, 0.5) is 0 Å². The first-order chi connectivity index (χ1) is 8.64. The first-order valence-corrected chi connectivity index (χ1v) is 6.89. The molecule has 0 spiro atoms. The molecule has 1 N–H and O–H groups in total. The van der Waals surface area contributed by atoms with Gasteiger partial charge < -0.3 is 5.11 Å². The Morgan fingerprint density at radius 2 is 2.11 bits per heavy atom. The van der Waals surface area contributed by atoms with Crippen LogP contribution in [0.5, 0.6) is 0 Å². The molecule has 0 radical (unpaired) electrons. The average molecular weight is 248 g/mol. The van der Waals surface area contributed by atoms with Gasteiger partial charge in [0, 0.05) is 31.1 Å². The Labute approximate surface area is 110 Å². The molecule has 1 aliphatic heterocycles. The van der Waals surface area contributed by atoms with Gasteiger partial charge in [-0.3, -0.25) is 9.88 Å². The number of hydrogen-bond acceptors (Lipinski definition) is 3. The number of piperidine rings is 1. The number of hydrogen-bond donors (Lipinski definition) is 1. The molecule has 2 rings (SSSR count). The molecule has 1 aliphatic rings. The van der Waals surface area contributed by atoms with Crippen LogP contribution < -0.4 is 0 Å². The van der Waals surface area contributed by atoms with Gasteiger partial charge in [0.15, 0.2) is 0 Å². The highest BCUT2D eigenvalue weighted by Gasteiger charge is 2.37. The first-order valence-electron chi connectivity index (χ1n) is 6.89. The third kappa shape index (κ3) is 2.90. The van der Waals surface area contributed by atoms with E-state index in [9.17, 15) is 5.11 Å². The van der Waals surface area contributed by atoms with Crippen LogP contribution in [0.15, 0.2) is 24.5 Å². The Morgan fingerprint density at radius 1 is 1.39 bits per heavy atom. The van der Waals surface area contributed by atoms with E-state index in [0.717, 1.165) is 19.5 Å². The van der Waals surface area contributed by atoms with E-state index >= 15 is 0 Å². The fraction of sp³-hybridized carbons (Fsp3) is 0.667. The molecule has 1 atom stereocenters. The summed E-state index contributed by atoms with van der Waals surface area (Å²) in [5.41, 5.74) is 1.49. The minimum atomic E-state index is 0.171. The molecule has 0 aliphatic carbocycles. The number of aliphatic hydroxyl groups excluding tert-OH is 1. The first kappa shape index (κ1) is 13.5. The molecule has 18 heavy (non-hydrogen) atoms. The van der Waals surface area contributed by atoms with Crippen molar-refractivity contribution in [3.63, 3.8) is 0 Å². The maximum Gasteiger partial charge on any atom is 0.0434 e. The Morgan fingerprint density at radius 3 is 2.78 bits per heavy atom. The third-order valence-electron chi connectivity index (χ3n) is 4.40. The minimum Gasteiger partial charge on any atom is -0.396 e. The lowest BCUT2D eigenvalue weighted by molar-refractivity contribution is 0.00466. The second-order valence-corrected chi connectivity index (χ2v) is 5.78. The molecule has 1 unspecified atom stereocenters. The van der Waals surface area contributed by atoms with Crippen molar-refractivity contribution < 1.29 is 5.11 Å². The van der Waals surface area contributed by atoms with Gasteiger partial charge in [-0.15, -0.1) is 0 Å². The van der Waals surface area contributed by atoms with Gasteiger partial charge in [-0.05, 0) is 63.3 Å². The van der Waals surface area contributed by atoms with Gasteiger partial charge >= 0.3 is 0 Å². The number of rotatable bonds is 4. The monoisotopic (exact) mass is 248 g/mol. The molecule has 0 amide bonds. The van der Waals surface area contributed by atoms with E-state index < -0.39 is 0 Å². The van der Waals surface area contributed by atoms with Crippen molar-refractivity contribution in [1.29, 1.82) is 0 Å². The maximum absolute atomic E-state index is 9.20. The topological polar surface area (TPSA) is 36.4 Å². The predicted octanol–water partition coefficient (Wildman–Crippen LogP) is 2.45. The molecule has 3 heteroatoms. The second kappa shape index (κ2) is 5.81. The standard InChI is InChI=1S/C15H24N2O/c1-15(2)14(7-11-18)4-3-10-17(15)12-13-5-8-16-9-6-13/h5-6,8-9,14,18H,3-4,7,10-12H2,1-2H3. The molecule has 0 aromatic carbocycles. The highest BCUT2D eigenvalue weighted by molar-refractivity contribution is 5.10. The Hall–Kier alpha value is -0.930. The lowest BCUT2D eigenvalue weighted by Crippen LogP contribution is -2.52. The average Bonchev–Trinajstić information content (AvgIpc) is 2.36. The van der Waals surface area contributed by atoms with Crippen molar-refractivity contribution in [2.75, 3.05) is 13.2 Å². The molecule has 1 aromatic rings. The Kier molecular flexibility index (Phi) is 4.36. The molecular formula is C15H24N2O. The molecule has 1 saturated heterocycles. The summed E-state index contributed by atoms with van der Waals surface area (Å²) in [6.45, 7) is 7.06. The van der Waals surface area contributed by atoms with Crippen molar-refractivity contribution in [2.24, 2.45) is 5.92 Å². The SMILES string of the molecule is CC1(C)C(CCO)CCCN1Cc1ccncc1. The zero-order chi connectivity index (χ0) is 13.0. The minimum absolute atomic E-state index is 0.171. The van der Waals surface area contributed by atoms with Crippen LogP contribution in [0.2, 0.25) is 0 Å². The summed E-state index contributed by atoms with van der Waals surface area (Å²) in [7, 11) is 0. The van der Waals surface area contributed by atoms with E-state index in [1.807, 2.05) is 12.4 Å². The summed E-state index contributed by atoms with van der Waals surface area (Å²) < 4.78 is 0. The zero-order valence-electron chi connectivity index (χ0n) is 11.5. The highest BCUT2D eigenvalue weighted by atomic mass is 16.3. The van der Waals surface area contributed by atoms with Crippen molar-refractivity contribution in [3.8, 4) is 0 Å². The number of aromatic nitrogens is 1. The molecule has 1 aromatic heterocycles. The van der Waals surface area contributed by atoms with E-state index in [1.54, 1.807) is 0 Å². The van der Waals surface area contributed by atoms with E-state index in [0.29, 0.717) is 12.5 Å². The normalized spacial score (nSPS) is 24.1. The molecule has 1 fully saturated rings. The van der Waals surface area contributed by atoms with Gasteiger partial charge in [-0.2, -0.15) is 0 Å². The molecule has 100 valence electrons. The lowest BCUT2D eigenvalue weighted by Gasteiger charge is -2.48. The summed E-state index contributed by atoms with van der Waals surface area (Å²) in [6, 6.07) is 4.18. The summed E-state index contributed by atoms with van der Waals surface area (Å²) in [5.74, 6) is 0.595. The predicted molar refractivity (Wildman–Crippen MR) is 73.2 cm³/mol. The van der Waals surface area contributed by atoms with Gasteiger partial charge in [0.1, 0.15) is 0 Å². The fourth-order valence-corrected chi connectivity index (χ4v) is 3.07. The number of nitrogens with zero attached hydrogens (tertiary/aromatic N) is 2. The Bertz CT molecular complexity index is 362. The van der Waals surface area contributed by atoms with Crippen molar-refractivity contribution in [3.05, 3.63) is 30.1 Å². The van der Waals surface area contributed by atoms with E-state index in [2.05, 4.69) is 35.9 Å². The highest BCUT2D eigenvalue weighted by Crippen LogP contribution is 2.36. The maximum atomic E-state index is 9.20. The molecule has 0 saturated carbocycles. The quantitative estimate of drug-likeness (QED) is 0.889. The van der Waals surface area contributed by atoms with Crippen LogP contribution in [0, 0.1) is 5.92 Å².